The van der Waals surface area contributed by atoms with Gasteiger partial charge in [-0.05, 0) is 36.9 Å². The van der Waals surface area contributed by atoms with E-state index in [4.69, 9.17) is 0 Å². The molecule has 0 atom stereocenters. The van der Waals surface area contributed by atoms with Crippen LogP contribution in [0.3, 0.4) is 0 Å². The fraction of sp³-hybridized carbons (Fsp3) is 0.226. The summed E-state index contributed by atoms with van der Waals surface area (Å²) >= 11 is 0. The summed E-state index contributed by atoms with van der Waals surface area (Å²) < 4.78 is 0. The lowest BCUT2D eigenvalue weighted by molar-refractivity contribution is 0.482. The predicted octanol–water partition coefficient (Wildman–Crippen LogP) is 4.61. The summed E-state index contributed by atoms with van der Waals surface area (Å²) in [6.45, 7) is 13.8. The Bertz CT molecular complexity index is 1160. The number of benzene rings is 4. The number of aromatic hydroxyl groups is 1. The molecule has 0 unspecified atom stereocenters. The van der Waals surface area contributed by atoms with Gasteiger partial charge in [0.2, 0.25) is 0 Å². The van der Waals surface area contributed by atoms with Crippen LogP contribution in [0.25, 0.3) is 0 Å². The summed E-state index contributed by atoms with van der Waals surface area (Å²) in [5, 5.41) is 18.2. The van der Waals surface area contributed by atoms with Crippen LogP contribution in [-0.4, -0.2) is 21.3 Å². The minimum absolute atomic E-state index is 0.0267. The van der Waals surface area contributed by atoms with E-state index in [2.05, 4.69) is 144 Å². The highest BCUT2D eigenvalue weighted by Crippen LogP contribution is 2.26. The highest BCUT2D eigenvalue weighted by atomic mass is 28.3. The van der Waals surface area contributed by atoms with Crippen molar-refractivity contribution in [2.24, 2.45) is 0 Å². The zero-order valence-corrected chi connectivity index (χ0v) is 23.3. The van der Waals surface area contributed by atoms with E-state index in [9.17, 15) is 5.11 Å². The van der Waals surface area contributed by atoms with Crippen LogP contribution in [0.5, 0.6) is 5.75 Å². The average molecular weight is 481 g/mol. The highest BCUT2D eigenvalue weighted by Gasteiger charge is 2.45. The van der Waals surface area contributed by atoms with Gasteiger partial charge in [0.25, 0.3) is 0 Å². The van der Waals surface area contributed by atoms with Crippen LogP contribution in [0.4, 0.5) is 0 Å². The molecule has 4 rings (SSSR count). The number of hydrogen-bond donors (Lipinski definition) is 1. The molecule has 0 bridgehead atoms. The fourth-order valence-electron chi connectivity index (χ4n) is 4.96. The molecule has 174 valence electrons. The smallest absolute Gasteiger partial charge is 0.183 e. The third-order valence-electron chi connectivity index (χ3n) is 6.81. The van der Waals surface area contributed by atoms with Crippen molar-refractivity contribution in [2.45, 2.75) is 45.8 Å². The molecule has 0 spiro atoms. The van der Waals surface area contributed by atoms with Gasteiger partial charge in [-0.3, -0.25) is 0 Å². The van der Waals surface area contributed by atoms with Gasteiger partial charge >= 0.3 is 0 Å². The zero-order valence-electron chi connectivity index (χ0n) is 21.3. The first-order chi connectivity index (χ1) is 16.1. The molecule has 1 nitrogen and oxygen atoms in total. The van der Waals surface area contributed by atoms with Gasteiger partial charge in [0.15, 0.2) is 8.07 Å². The molecular weight excluding hydrogens is 445 g/mol. The van der Waals surface area contributed by atoms with E-state index in [1.54, 1.807) is 0 Å². The Kier molecular flexibility index (Phi) is 6.45. The van der Waals surface area contributed by atoms with Crippen LogP contribution in [-0.2, 0) is 5.41 Å². The number of rotatable bonds is 5. The Morgan fingerprint density at radius 1 is 0.559 bits per heavy atom. The molecule has 0 heterocycles. The van der Waals surface area contributed by atoms with Crippen LogP contribution < -0.4 is 25.9 Å². The molecule has 0 aliphatic rings. The van der Waals surface area contributed by atoms with Crippen molar-refractivity contribution in [2.75, 3.05) is 0 Å². The molecule has 0 amide bonds. The van der Waals surface area contributed by atoms with Crippen molar-refractivity contribution in [3.05, 3.63) is 109 Å². The van der Waals surface area contributed by atoms with Crippen LogP contribution in [0.1, 0.15) is 26.3 Å². The molecule has 4 aromatic rings. The molecule has 0 saturated heterocycles. The summed E-state index contributed by atoms with van der Waals surface area (Å²) in [7, 11) is -4.62. The molecule has 0 aromatic heterocycles. The van der Waals surface area contributed by atoms with Gasteiger partial charge in [-0.2, -0.15) is 0 Å². The summed E-state index contributed by atoms with van der Waals surface area (Å²) in [6.07, 6.45) is 0. The highest BCUT2D eigenvalue weighted by molar-refractivity contribution is 7.20. The van der Waals surface area contributed by atoms with Crippen molar-refractivity contribution >= 4 is 42.1 Å². The first kappa shape index (κ1) is 24.2. The van der Waals surface area contributed by atoms with Gasteiger partial charge in [-0.15, -0.1) is 0 Å². The van der Waals surface area contributed by atoms with Crippen molar-refractivity contribution in [3.63, 3.8) is 0 Å². The molecule has 0 fully saturated rings. The van der Waals surface area contributed by atoms with Gasteiger partial charge in [0.05, 0.1) is 8.07 Å². The van der Waals surface area contributed by atoms with Crippen molar-refractivity contribution < 1.29 is 5.11 Å². The minimum Gasteiger partial charge on any atom is -0.508 e. The quantitative estimate of drug-likeness (QED) is 0.327. The van der Waals surface area contributed by atoms with E-state index in [0.29, 0.717) is 5.75 Å². The lowest BCUT2D eigenvalue weighted by atomic mass is 9.87. The summed E-state index contributed by atoms with van der Waals surface area (Å²) in [5.41, 5.74) is 1.26. The van der Waals surface area contributed by atoms with Gasteiger partial charge in [-0.1, -0.05) is 144 Å². The van der Waals surface area contributed by atoms with E-state index < -0.39 is 16.1 Å². The average Bonchev–Trinajstić information content (AvgIpc) is 2.81. The fourth-order valence-corrected chi connectivity index (χ4v) is 11.4. The maximum Gasteiger partial charge on any atom is 0.183 e. The van der Waals surface area contributed by atoms with Gasteiger partial charge in [-0.25, -0.2) is 0 Å². The topological polar surface area (TPSA) is 20.2 Å². The first-order valence-electron chi connectivity index (χ1n) is 12.1. The van der Waals surface area contributed by atoms with E-state index in [1.807, 2.05) is 0 Å². The Balaban J connectivity index is 2.25. The molecular formula is C31H36OSi2. The third-order valence-corrected chi connectivity index (χ3v) is 13.6. The maximum absolute atomic E-state index is 12.1. The zero-order chi connectivity index (χ0) is 24.6. The standard InChI is InChI=1S/C31H36OSi2/c1-31(2,3)24-22-28(33(4,5)6)30(32)29(23-24)34(25-16-10-7-11-17-25,26-18-12-8-13-19-26)27-20-14-9-15-21-27/h7-23,32H,1-6H3. The molecule has 0 aliphatic carbocycles. The van der Waals surface area contributed by atoms with Crippen molar-refractivity contribution in [1.82, 2.24) is 0 Å². The third kappa shape index (κ3) is 4.30. The summed E-state index contributed by atoms with van der Waals surface area (Å²) in [5.74, 6) is 0.496. The molecule has 1 N–H and O–H groups in total. The molecule has 4 aromatic carbocycles. The number of phenols is 1. The van der Waals surface area contributed by atoms with Crippen LogP contribution >= 0.6 is 0 Å². The van der Waals surface area contributed by atoms with E-state index in [0.717, 1.165) is 10.4 Å². The molecule has 3 heteroatoms. The normalized spacial score (nSPS) is 12.5. The number of phenolic OH excluding ortho intramolecular Hbond substituents is 1. The lowest BCUT2D eigenvalue weighted by Crippen LogP contribution is -2.75. The lowest BCUT2D eigenvalue weighted by Gasteiger charge is -2.37. The van der Waals surface area contributed by atoms with Gasteiger partial charge in [0, 0.05) is 0 Å². The second-order valence-corrected chi connectivity index (χ2v) is 20.1. The monoisotopic (exact) mass is 480 g/mol. The van der Waals surface area contributed by atoms with Crippen LogP contribution in [0.15, 0.2) is 103 Å². The Morgan fingerprint density at radius 2 is 0.912 bits per heavy atom. The minimum atomic E-state index is -2.79. The van der Waals surface area contributed by atoms with Crippen LogP contribution in [0.2, 0.25) is 19.6 Å². The van der Waals surface area contributed by atoms with Gasteiger partial charge in [0.1, 0.15) is 5.75 Å². The largest absolute Gasteiger partial charge is 0.508 e. The van der Waals surface area contributed by atoms with E-state index >= 15 is 0 Å². The van der Waals surface area contributed by atoms with Crippen molar-refractivity contribution in [3.8, 4) is 5.75 Å². The summed E-state index contributed by atoms with van der Waals surface area (Å²) in [6, 6.07) is 37.2. The van der Waals surface area contributed by atoms with E-state index in [-0.39, 0.29) is 5.41 Å². The van der Waals surface area contributed by atoms with Crippen LogP contribution in [0, 0.1) is 0 Å². The Hall–Kier alpha value is -2.89. The Labute approximate surface area is 207 Å². The maximum atomic E-state index is 12.1. The van der Waals surface area contributed by atoms with E-state index in [1.165, 1.54) is 21.1 Å². The first-order valence-corrected chi connectivity index (χ1v) is 17.6. The van der Waals surface area contributed by atoms with Gasteiger partial charge < -0.3 is 5.11 Å². The Morgan fingerprint density at radius 3 is 1.24 bits per heavy atom. The SMILES string of the molecule is CC(C)(C)c1cc([Si](C)(C)C)c(O)c([Si](c2ccccc2)(c2ccccc2)c2ccccc2)c1. The summed E-state index contributed by atoms with van der Waals surface area (Å²) in [4.78, 5) is 0. The molecule has 0 radical (unpaired) electrons. The second-order valence-electron chi connectivity index (χ2n) is 11.3. The second kappa shape index (κ2) is 9.05. The molecule has 0 aliphatic heterocycles. The molecule has 0 saturated carbocycles. The predicted molar refractivity (Wildman–Crippen MR) is 153 cm³/mol. The van der Waals surface area contributed by atoms with Crippen molar-refractivity contribution in [1.29, 1.82) is 0 Å². The molecule has 34 heavy (non-hydrogen) atoms. The number of hydrogen-bond acceptors (Lipinski definition) is 1.